The fourth-order valence-corrected chi connectivity index (χ4v) is 4.03. The van der Waals surface area contributed by atoms with Crippen LogP contribution in [0.3, 0.4) is 0 Å². The van der Waals surface area contributed by atoms with Gasteiger partial charge in [0.1, 0.15) is 0 Å². The van der Waals surface area contributed by atoms with Crippen molar-refractivity contribution in [3.63, 3.8) is 0 Å². The molecule has 1 N–H and O–H groups in total. The van der Waals surface area contributed by atoms with Gasteiger partial charge in [-0.3, -0.25) is 0 Å². The number of benzene rings is 1. The molecule has 4 heteroatoms. The molecule has 1 aromatic heterocycles. The van der Waals surface area contributed by atoms with E-state index in [-0.39, 0.29) is 6.04 Å². The molecule has 1 unspecified atom stereocenters. The lowest BCUT2D eigenvalue weighted by atomic mass is 9.99. The van der Waals surface area contributed by atoms with Gasteiger partial charge in [0.25, 0.3) is 0 Å². The van der Waals surface area contributed by atoms with Gasteiger partial charge >= 0.3 is 0 Å². The summed E-state index contributed by atoms with van der Waals surface area (Å²) in [7, 11) is 0. The highest BCUT2D eigenvalue weighted by molar-refractivity contribution is 9.11. The van der Waals surface area contributed by atoms with Gasteiger partial charge in [-0.2, -0.15) is 11.3 Å². The molecule has 1 atom stereocenters. The van der Waals surface area contributed by atoms with Crippen LogP contribution in [-0.4, -0.2) is 6.54 Å². The zero-order valence-electron chi connectivity index (χ0n) is 10.3. The second kappa shape index (κ2) is 6.33. The lowest BCUT2D eigenvalue weighted by Crippen LogP contribution is -2.22. The summed E-state index contributed by atoms with van der Waals surface area (Å²) in [6.07, 6.45) is 0. The van der Waals surface area contributed by atoms with Crippen LogP contribution >= 0.6 is 43.2 Å². The van der Waals surface area contributed by atoms with Crippen molar-refractivity contribution < 1.29 is 0 Å². The molecule has 0 radical (unpaired) electrons. The Kier molecular flexibility index (Phi) is 5.01. The average molecular weight is 389 g/mol. The fraction of sp³-hybridized carbons (Fsp3) is 0.286. The van der Waals surface area contributed by atoms with Gasteiger partial charge in [0, 0.05) is 14.3 Å². The van der Waals surface area contributed by atoms with E-state index in [1.165, 1.54) is 25.6 Å². The molecule has 0 amide bonds. The molecule has 2 aromatic rings. The topological polar surface area (TPSA) is 12.0 Å². The van der Waals surface area contributed by atoms with Gasteiger partial charge in [-0.25, -0.2) is 0 Å². The van der Waals surface area contributed by atoms with E-state index in [4.69, 9.17) is 0 Å². The van der Waals surface area contributed by atoms with Gasteiger partial charge in [-0.1, -0.05) is 41.1 Å². The SMILES string of the molecule is CCNC(c1cscc1Br)c1cccc(C)c1Br. The van der Waals surface area contributed by atoms with Crippen molar-refractivity contribution in [2.24, 2.45) is 0 Å². The highest BCUT2D eigenvalue weighted by Gasteiger charge is 2.19. The Hall–Kier alpha value is -0.160. The van der Waals surface area contributed by atoms with Crippen molar-refractivity contribution in [2.45, 2.75) is 19.9 Å². The van der Waals surface area contributed by atoms with E-state index in [1.807, 2.05) is 0 Å². The molecule has 0 saturated heterocycles. The predicted octanol–water partition coefficient (Wildman–Crippen LogP) is 5.28. The number of nitrogens with one attached hydrogen (secondary N) is 1. The monoisotopic (exact) mass is 387 g/mol. The third kappa shape index (κ3) is 2.87. The van der Waals surface area contributed by atoms with Crippen molar-refractivity contribution in [3.8, 4) is 0 Å². The summed E-state index contributed by atoms with van der Waals surface area (Å²) in [4.78, 5) is 0. The third-order valence-electron chi connectivity index (χ3n) is 2.89. The molecule has 0 spiro atoms. The molecule has 18 heavy (non-hydrogen) atoms. The standard InChI is InChI=1S/C14H15Br2NS/c1-3-17-14(11-7-18-8-12(11)15)10-6-4-5-9(2)13(10)16/h4-8,14,17H,3H2,1-2H3. The van der Waals surface area contributed by atoms with E-state index in [1.54, 1.807) is 11.3 Å². The van der Waals surface area contributed by atoms with Crippen LogP contribution in [0.2, 0.25) is 0 Å². The highest BCUT2D eigenvalue weighted by atomic mass is 79.9. The second-order valence-corrected chi connectivity index (χ2v) is 6.53. The molecule has 96 valence electrons. The van der Waals surface area contributed by atoms with Crippen LogP contribution in [0.25, 0.3) is 0 Å². The van der Waals surface area contributed by atoms with Crippen LogP contribution in [0.1, 0.15) is 29.7 Å². The van der Waals surface area contributed by atoms with E-state index >= 15 is 0 Å². The molecule has 0 aliphatic heterocycles. The zero-order chi connectivity index (χ0) is 13.1. The highest BCUT2D eigenvalue weighted by Crippen LogP contribution is 2.35. The van der Waals surface area contributed by atoms with Gasteiger partial charge < -0.3 is 5.32 Å². The van der Waals surface area contributed by atoms with Crippen molar-refractivity contribution in [2.75, 3.05) is 6.54 Å². The van der Waals surface area contributed by atoms with Crippen molar-refractivity contribution in [3.05, 3.63) is 54.6 Å². The molecular formula is C14H15Br2NS. The Morgan fingerprint density at radius 1 is 1.22 bits per heavy atom. The number of hydrogen-bond acceptors (Lipinski definition) is 2. The van der Waals surface area contributed by atoms with Gasteiger partial charge in [0.2, 0.25) is 0 Å². The molecule has 0 aliphatic rings. The van der Waals surface area contributed by atoms with Gasteiger partial charge in [0.05, 0.1) is 6.04 Å². The minimum Gasteiger partial charge on any atom is -0.306 e. The molecular weight excluding hydrogens is 374 g/mol. The van der Waals surface area contributed by atoms with Crippen LogP contribution in [-0.2, 0) is 0 Å². The summed E-state index contributed by atoms with van der Waals surface area (Å²) < 4.78 is 2.36. The third-order valence-corrected chi connectivity index (χ3v) is 5.73. The maximum absolute atomic E-state index is 3.71. The van der Waals surface area contributed by atoms with Crippen molar-refractivity contribution in [1.29, 1.82) is 0 Å². The summed E-state index contributed by atoms with van der Waals surface area (Å²) in [6, 6.07) is 6.64. The summed E-state index contributed by atoms with van der Waals surface area (Å²) in [5.74, 6) is 0. The summed E-state index contributed by atoms with van der Waals surface area (Å²) in [6.45, 7) is 5.20. The Morgan fingerprint density at radius 3 is 2.61 bits per heavy atom. The first-order valence-corrected chi connectivity index (χ1v) is 8.38. The summed E-state index contributed by atoms with van der Waals surface area (Å²) in [5, 5.41) is 7.89. The Morgan fingerprint density at radius 2 is 2.00 bits per heavy atom. The van der Waals surface area contributed by atoms with E-state index in [9.17, 15) is 0 Å². The lowest BCUT2D eigenvalue weighted by molar-refractivity contribution is 0.628. The first-order chi connectivity index (χ1) is 8.65. The smallest absolute Gasteiger partial charge is 0.0607 e. The van der Waals surface area contributed by atoms with E-state index in [0.717, 1.165) is 6.54 Å². The number of halogens is 2. The van der Waals surface area contributed by atoms with E-state index in [2.05, 4.69) is 80.0 Å². The summed E-state index contributed by atoms with van der Waals surface area (Å²) >= 11 is 9.06. The van der Waals surface area contributed by atoms with E-state index in [0.29, 0.717) is 0 Å². The number of thiophene rings is 1. The molecule has 0 bridgehead atoms. The van der Waals surface area contributed by atoms with Gasteiger partial charge in [-0.05, 0) is 51.5 Å². The largest absolute Gasteiger partial charge is 0.306 e. The lowest BCUT2D eigenvalue weighted by Gasteiger charge is -2.20. The molecule has 1 nitrogen and oxygen atoms in total. The van der Waals surface area contributed by atoms with Crippen LogP contribution < -0.4 is 5.32 Å². The maximum Gasteiger partial charge on any atom is 0.0607 e. The first kappa shape index (κ1) is 14.3. The normalized spacial score (nSPS) is 12.7. The van der Waals surface area contributed by atoms with Gasteiger partial charge in [0.15, 0.2) is 0 Å². The average Bonchev–Trinajstić information content (AvgIpc) is 2.76. The van der Waals surface area contributed by atoms with Crippen LogP contribution in [0, 0.1) is 6.92 Å². The quantitative estimate of drug-likeness (QED) is 0.751. The molecule has 0 saturated carbocycles. The Labute approximate surface area is 129 Å². The summed E-state index contributed by atoms with van der Waals surface area (Å²) in [5.41, 5.74) is 3.85. The Bertz CT molecular complexity index is 536. The Balaban J connectivity index is 2.48. The maximum atomic E-state index is 3.71. The molecule has 0 aliphatic carbocycles. The minimum atomic E-state index is 0.227. The van der Waals surface area contributed by atoms with Crippen LogP contribution in [0.4, 0.5) is 0 Å². The molecule has 0 fully saturated rings. The van der Waals surface area contributed by atoms with Crippen LogP contribution in [0.5, 0.6) is 0 Å². The van der Waals surface area contributed by atoms with Crippen LogP contribution in [0.15, 0.2) is 37.9 Å². The van der Waals surface area contributed by atoms with E-state index < -0.39 is 0 Å². The van der Waals surface area contributed by atoms with Crippen molar-refractivity contribution >= 4 is 43.2 Å². The minimum absolute atomic E-state index is 0.227. The van der Waals surface area contributed by atoms with Gasteiger partial charge in [-0.15, -0.1) is 0 Å². The number of rotatable bonds is 4. The second-order valence-electron chi connectivity index (χ2n) is 4.14. The first-order valence-electron chi connectivity index (χ1n) is 5.85. The number of hydrogen-bond donors (Lipinski definition) is 1. The molecule has 1 aromatic carbocycles. The zero-order valence-corrected chi connectivity index (χ0v) is 14.3. The fourth-order valence-electron chi connectivity index (χ4n) is 1.98. The number of aryl methyl sites for hydroxylation is 1. The molecule has 2 rings (SSSR count). The predicted molar refractivity (Wildman–Crippen MR) is 86.4 cm³/mol. The molecule has 1 heterocycles. The van der Waals surface area contributed by atoms with Crippen molar-refractivity contribution in [1.82, 2.24) is 5.32 Å².